The third-order valence-electron chi connectivity index (χ3n) is 5.36. The van der Waals surface area contributed by atoms with E-state index in [2.05, 4.69) is 4.98 Å². The van der Waals surface area contributed by atoms with E-state index in [4.69, 9.17) is 9.15 Å². The molecule has 114 valence electrons. The number of hydrogen-bond acceptors (Lipinski definition) is 4. The van der Waals surface area contributed by atoms with Crippen molar-refractivity contribution >= 4 is 5.97 Å². The lowest BCUT2D eigenvalue weighted by atomic mass is 10.0. The number of carbonyl (C=O) groups excluding carboxylic acids is 1. The number of carbonyl (C=O) groups is 1. The van der Waals surface area contributed by atoms with Gasteiger partial charge in [0.15, 0.2) is 11.6 Å². The van der Waals surface area contributed by atoms with E-state index in [1.807, 2.05) is 0 Å². The van der Waals surface area contributed by atoms with Gasteiger partial charge < -0.3 is 9.15 Å². The fraction of sp³-hybridized carbons (Fsp3) is 0.733. The zero-order valence-electron chi connectivity index (χ0n) is 11.7. The average molecular weight is 297 g/mol. The van der Waals surface area contributed by atoms with Crippen LogP contribution in [0.25, 0.3) is 0 Å². The van der Waals surface area contributed by atoms with E-state index in [9.17, 15) is 13.6 Å². The van der Waals surface area contributed by atoms with Crippen LogP contribution in [-0.4, -0.2) is 17.6 Å². The van der Waals surface area contributed by atoms with E-state index in [1.165, 1.54) is 19.3 Å². The predicted octanol–water partition coefficient (Wildman–Crippen LogP) is 3.55. The minimum absolute atomic E-state index is 0.121. The average Bonchev–Trinajstić information content (AvgIpc) is 2.85. The first kappa shape index (κ1) is 13.2. The number of nitrogens with zero attached hydrogens (tertiary/aromatic N) is 1. The molecule has 0 N–H and O–H groups in total. The van der Waals surface area contributed by atoms with Gasteiger partial charge in [-0.05, 0) is 49.9 Å². The Morgan fingerprint density at radius 1 is 1.38 bits per heavy atom. The number of halogens is 2. The molecule has 21 heavy (non-hydrogen) atoms. The Kier molecular flexibility index (Phi) is 2.84. The Morgan fingerprint density at radius 3 is 2.62 bits per heavy atom. The van der Waals surface area contributed by atoms with Gasteiger partial charge in [0.25, 0.3) is 6.43 Å². The van der Waals surface area contributed by atoms with Crippen LogP contribution in [0.4, 0.5) is 8.78 Å². The number of alkyl halides is 2. The van der Waals surface area contributed by atoms with Crippen molar-refractivity contribution in [2.75, 3.05) is 6.61 Å². The molecule has 4 atom stereocenters. The molecule has 2 bridgehead atoms. The quantitative estimate of drug-likeness (QED) is 0.798. The molecule has 3 aliphatic rings. The third kappa shape index (κ3) is 1.84. The summed E-state index contributed by atoms with van der Waals surface area (Å²) in [5.74, 6) is 1.64. The summed E-state index contributed by atoms with van der Waals surface area (Å²) in [6.45, 7) is 1.75. The van der Waals surface area contributed by atoms with Crippen molar-refractivity contribution < 1.29 is 22.7 Å². The van der Waals surface area contributed by atoms with Gasteiger partial charge in [-0.25, -0.2) is 18.6 Å². The van der Waals surface area contributed by atoms with Crippen LogP contribution in [0.5, 0.6) is 0 Å². The molecule has 6 heteroatoms. The highest BCUT2D eigenvalue weighted by atomic mass is 19.3. The molecule has 0 amide bonds. The van der Waals surface area contributed by atoms with Crippen LogP contribution in [0.15, 0.2) is 4.42 Å². The maximum atomic E-state index is 13.1. The van der Waals surface area contributed by atoms with Crippen molar-refractivity contribution in [3.05, 3.63) is 17.3 Å². The number of oxazole rings is 1. The Bertz CT molecular complexity index is 569. The third-order valence-corrected chi connectivity index (χ3v) is 5.36. The van der Waals surface area contributed by atoms with Gasteiger partial charge in [0.05, 0.1) is 6.61 Å². The van der Waals surface area contributed by atoms with Gasteiger partial charge in [-0.3, -0.25) is 0 Å². The molecule has 3 aliphatic carbocycles. The van der Waals surface area contributed by atoms with Crippen molar-refractivity contribution in [3.8, 4) is 0 Å². The van der Waals surface area contributed by atoms with Crippen LogP contribution in [0.1, 0.15) is 60.7 Å². The lowest BCUT2D eigenvalue weighted by molar-refractivity contribution is 0.0473. The van der Waals surface area contributed by atoms with Crippen molar-refractivity contribution in [1.29, 1.82) is 0 Å². The van der Waals surface area contributed by atoms with Crippen molar-refractivity contribution in [3.63, 3.8) is 0 Å². The first-order chi connectivity index (χ1) is 10.1. The molecule has 0 spiro atoms. The highest BCUT2D eigenvalue weighted by Gasteiger charge is 2.67. The summed E-state index contributed by atoms with van der Waals surface area (Å²) < 4.78 is 36.3. The predicted molar refractivity (Wildman–Crippen MR) is 68.0 cm³/mol. The van der Waals surface area contributed by atoms with Crippen LogP contribution < -0.4 is 0 Å². The summed E-state index contributed by atoms with van der Waals surface area (Å²) in [6, 6.07) is 0. The van der Waals surface area contributed by atoms with Gasteiger partial charge in [0, 0.05) is 5.92 Å². The van der Waals surface area contributed by atoms with Crippen LogP contribution in [-0.2, 0) is 4.74 Å². The topological polar surface area (TPSA) is 52.3 Å². The second kappa shape index (κ2) is 4.52. The summed E-state index contributed by atoms with van der Waals surface area (Å²) >= 11 is 0. The largest absolute Gasteiger partial charge is 0.460 e. The van der Waals surface area contributed by atoms with E-state index in [1.54, 1.807) is 6.92 Å². The smallest absolute Gasteiger partial charge is 0.376 e. The highest BCUT2D eigenvalue weighted by molar-refractivity contribution is 5.87. The zero-order chi connectivity index (χ0) is 14.7. The highest BCUT2D eigenvalue weighted by Crippen LogP contribution is 2.73. The second-order valence-corrected chi connectivity index (χ2v) is 6.30. The van der Waals surface area contributed by atoms with Crippen molar-refractivity contribution in [1.82, 2.24) is 4.98 Å². The Morgan fingerprint density at radius 2 is 2.05 bits per heavy atom. The summed E-state index contributed by atoms with van der Waals surface area (Å²) in [7, 11) is 0. The van der Waals surface area contributed by atoms with Gasteiger partial charge >= 0.3 is 5.97 Å². The summed E-state index contributed by atoms with van der Waals surface area (Å²) in [5, 5.41) is 0. The molecule has 0 radical (unpaired) electrons. The molecule has 1 aromatic heterocycles. The fourth-order valence-corrected chi connectivity index (χ4v) is 4.64. The first-order valence-electron chi connectivity index (χ1n) is 7.57. The second-order valence-electron chi connectivity index (χ2n) is 6.30. The van der Waals surface area contributed by atoms with Gasteiger partial charge in [-0.2, -0.15) is 0 Å². The zero-order valence-corrected chi connectivity index (χ0v) is 11.7. The molecule has 3 saturated carbocycles. The fourth-order valence-electron chi connectivity index (χ4n) is 4.64. The lowest BCUT2D eigenvalue weighted by Crippen LogP contribution is -2.06. The molecule has 0 aromatic carbocycles. The Balaban J connectivity index is 1.62. The first-order valence-corrected chi connectivity index (χ1v) is 7.57. The number of hydrogen-bond donors (Lipinski definition) is 0. The lowest BCUT2D eigenvalue weighted by Gasteiger charge is -2.04. The SMILES string of the molecule is CCOC(=O)c1oc(C2C3C4CCC(C4)C23)nc1C(F)F. The van der Waals surface area contributed by atoms with E-state index in [0.717, 1.165) is 0 Å². The molecule has 0 saturated heterocycles. The molecular weight excluding hydrogens is 280 g/mol. The van der Waals surface area contributed by atoms with E-state index < -0.39 is 23.8 Å². The molecule has 1 aromatic rings. The van der Waals surface area contributed by atoms with E-state index in [0.29, 0.717) is 29.6 Å². The van der Waals surface area contributed by atoms with E-state index >= 15 is 0 Å². The number of rotatable bonds is 4. The number of esters is 1. The number of ether oxygens (including phenoxy) is 1. The maximum Gasteiger partial charge on any atom is 0.376 e. The Labute approximate surface area is 120 Å². The monoisotopic (exact) mass is 297 g/mol. The summed E-state index contributed by atoms with van der Waals surface area (Å²) in [4.78, 5) is 15.7. The van der Waals surface area contributed by atoms with Gasteiger partial charge in [0.1, 0.15) is 0 Å². The molecule has 4 rings (SSSR count). The summed E-state index contributed by atoms with van der Waals surface area (Å²) in [5.41, 5.74) is -0.569. The summed E-state index contributed by atoms with van der Waals surface area (Å²) in [6.07, 6.45) is 0.904. The van der Waals surface area contributed by atoms with Gasteiger partial charge in [-0.15, -0.1) is 0 Å². The Hall–Kier alpha value is -1.46. The molecule has 4 unspecified atom stereocenters. The van der Waals surface area contributed by atoms with Gasteiger partial charge in [-0.1, -0.05) is 0 Å². The van der Waals surface area contributed by atoms with Crippen molar-refractivity contribution in [2.24, 2.45) is 23.7 Å². The number of aromatic nitrogens is 1. The maximum absolute atomic E-state index is 13.1. The minimum atomic E-state index is -2.82. The molecular formula is C15H17F2NO3. The van der Waals surface area contributed by atoms with Gasteiger partial charge in [0.2, 0.25) is 5.76 Å². The van der Waals surface area contributed by atoms with Crippen molar-refractivity contribution in [2.45, 2.75) is 38.5 Å². The van der Waals surface area contributed by atoms with Crippen LogP contribution in [0, 0.1) is 23.7 Å². The van der Waals surface area contributed by atoms with Crippen LogP contribution >= 0.6 is 0 Å². The molecule has 3 fully saturated rings. The normalized spacial score (nSPS) is 36.1. The number of fused-ring (bicyclic) bond motifs is 5. The van der Waals surface area contributed by atoms with E-state index in [-0.39, 0.29) is 12.5 Å². The molecule has 1 heterocycles. The van der Waals surface area contributed by atoms with Crippen LogP contribution in [0.2, 0.25) is 0 Å². The molecule has 4 nitrogen and oxygen atoms in total. The minimum Gasteiger partial charge on any atom is -0.460 e. The standard InChI is InChI=1S/C15H17F2NO3/c1-2-20-15(19)12-11(13(16)17)18-14(21-12)10-8-6-3-4-7(5-6)9(8)10/h6-10,13H,2-5H2,1H3. The molecule has 0 aliphatic heterocycles. The van der Waals surface area contributed by atoms with Crippen LogP contribution in [0.3, 0.4) is 0 Å².